The van der Waals surface area contributed by atoms with Gasteiger partial charge >= 0.3 is 0 Å². The average Bonchev–Trinajstić information content (AvgIpc) is 2.84. The lowest BCUT2D eigenvalue weighted by Crippen LogP contribution is -2.37. The van der Waals surface area contributed by atoms with Gasteiger partial charge in [0.15, 0.2) is 0 Å². The summed E-state index contributed by atoms with van der Waals surface area (Å²) in [7, 11) is 1.77. The van der Waals surface area contributed by atoms with Crippen molar-refractivity contribution in [2.75, 3.05) is 33.2 Å². The van der Waals surface area contributed by atoms with Crippen LogP contribution >= 0.6 is 11.3 Å². The van der Waals surface area contributed by atoms with E-state index in [-0.39, 0.29) is 18.4 Å². The molecule has 2 N–H and O–H groups in total. The fraction of sp³-hybridized carbons (Fsp3) is 0.429. The molecule has 6 heteroatoms. The van der Waals surface area contributed by atoms with Gasteiger partial charge in [0, 0.05) is 25.5 Å². The Hall–Kier alpha value is -1.84. The zero-order valence-electron chi connectivity index (χ0n) is 11.4. The number of amides is 2. The highest BCUT2D eigenvalue weighted by molar-refractivity contribution is 7.10. The fourth-order valence-electron chi connectivity index (χ4n) is 1.99. The number of likely N-dealkylation sites (N-methyl/N-ethyl adjacent to an activating group) is 1. The molecule has 0 unspecified atom stereocenters. The van der Waals surface area contributed by atoms with Crippen LogP contribution in [-0.4, -0.2) is 54.8 Å². The molecule has 0 radical (unpaired) electrons. The maximum Gasteiger partial charge on any atom is 0.255 e. The Labute approximate surface area is 122 Å². The predicted molar refractivity (Wildman–Crippen MR) is 78.4 cm³/mol. The van der Waals surface area contributed by atoms with Gasteiger partial charge in [0.1, 0.15) is 6.54 Å². The summed E-state index contributed by atoms with van der Waals surface area (Å²) in [6, 6.07) is 1.76. The molecular weight excluding hydrogens is 274 g/mol. The lowest BCUT2D eigenvalue weighted by atomic mass is 10.2. The number of carbonyl (C=O) groups excluding carboxylic acids is 2. The molecule has 20 heavy (non-hydrogen) atoms. The Balaban J connectivity index is 2.10. The van der Waals surface area contributed by atoms with Gasteiger partial charge in [-0.15, -0.1) is 11.3 Å². The smallest absolute Gasteiger partial charge is 0.255 e. The number of hydrogen-bond donors (Lipinski definition) is 1. The third-order valence-electron chi connectivity index (χ3n) is 3.12. The van der Waals surface area contributed by atoms with Crippen molar-refractivity contribution < 1.29 is 9.59 Å². The number of thiophene rings is 1. The van der Waals surface area contributed by atoms with Crippen LogP contribution < -0.4 is 5.73 Å². The highest BCUT2D eigenvalue weighted by Gasteiger charge is 2.24. The Morgan fingerprint density at radius 3 is 3.05 bits per heavy atom. The Kier molecular flexibility index (Phi) is 4.77. The summed E-state index contributed by atoms with van der Waals surface area (Å²) < 4.78 is 0. The van der Waals surface area contributed by atoms with Gasteiger partial charge in [0.2, 0.25) is 5.91 Å². The molecule has 2 rings (SSSR count). The third kappa shape index (κ3) is 3.38. The highest BCUT2D eigenvalue weighted by atomic mass is 32.1. The molecule has 0 spiro atoms. The van der Waals surface area contributed by atoms with Gasteiger partial charge in [0.05, 0.1) is 17.0 Å². The van der Waals surface area contributed by atoms with Crippen LogP contribution in [0.2, 0.25) is 0 Å². The number of carbonyl (C=O) groups is 2. The summed E-state index contributed by atoms with van der Waals surface area (Å²) >= 11 is 1.42. The van der Waals surface area contributed by atoms with E-state index in [0.717, 1.165) is 11.3 Å². The van der Waals surface area contributed by atoms with E-state index < -0.39 is 0 Å². The van der Waals surface area contributed by atoms with E-state index in [4.69, 9.17) is 5.73 Å². The lowest BCUT2D eigenvalue weighted by molar-refractivity contribution is -0.129. The first-order chi connectivity index (χ1) is 9.61. The summed E-state index contributed by atoms with van der Waals surface area (Å²) in [6.07, 6.45) is 0.804. The molecule has 0 saturated carbocycles. The standard InChI is InChI=1S/C14H17N3O2S/c1-16-6-3-7-17(9-13(16)18)14(19)11-8-12(20-10-11)4-2-5-15/h8,10H,3,5-7,9,15H2,1H3. The van der Waals surface area contributed by atoms with Crippen LogP contribution in [0.25, 0.3) is 0 Å². The van der Waals surface area contributed by atoms with Crippen LogP contribution in [0.3, 0.4) is 0 Å². The van der Waals surface area contributed by atoms with Gasteiger partial charge in [-0.3, -0.25) is 9.59 Å². The SMILES string of the molecule is CN1CCCN(C(=O)c2csc(C#CCN)c2)CC1=O. The molecule has 5 nitrogen and oxygen atoms in total. The summed E-state index contributed by atoms with van der Waals surface area (Å²) in [5.41, 5.74) is 5.91. The topological polar surface area (TPSA) is 66.6 Å². The Bertz CT molecular complexity index is 570. The van der Waals surface area contributed by atoms with Gasteiger partial charge < -0.3 is 15.5 Å². The second-order valence-electron chi connectivity index (χ2n) is 4.60. The minimum atomic E-state index is -0.106. The molecule has 2 amide bonds. The predicted octanol–water partition coefficient (Wildman–Crippen LogP) is 0.363. The summed E-state index contributed by atoms with van der Waals surface area (Å²) in [5.74, 6) is 5.54. The molecule has 1 aliphatic rings. The average molecular weight is 291 g/mol. The van der Waals surface area contributed by atoms with Crippen molar-refractivity contribution >= 4 is 23.2 Å². The van der Waals surface area contributed by atoms with Crippen LogP contribution in [0.15, 0.2) is 11.4 Å². The second-order valence-corrected chi connectivity index (χ2v) is 5.51. The van der Waals surface area contributed by atoms with Crippen molar-refractivity contribution in [3.63, 3.8) is 0 Å². The molecule has 1 aromatic heterocycles. The van der Waals surface area contributed by atoms with Crippen molar-refractivity contribution in [3.05, 3.63) is 21.9 Å². The first-order valence-electron chi connectivity index (χ1n) is 6.42. The molecule has 1 aromatic rings. The van der Waals surface area contributed by atoms with Crippen molar-refractivity contribution in [1.82, 2.24) is 9.80 Å². The normalized spacial score (nSPS) is 15.6. The first-order valence-corrected chi connectivity index (χ1v) is 7.30. The van der Waals surface area contributed by atoms with Gasteiger partial charge in [-0.2, -0.15) is 0 Å². The maximum absolute atomic E-state index is 12.4. The maximum atomic E-state index is 12.4. The molecule has 1 fully saturated rings. The van der Waals surface area contributed by atoms with E-state index in [2.05, 4.69) is 11.8 Å². The molecule has 1 saturated heterocycles. The molecular formula is C14H17N3O2S. The van der Waals surface area contributed by atoms with E-state index in [1.54, 1.807) is 28.3 Å². The summed E-state index contributed by atoms with van der Waals surface area (Å²) in [5, 5.41) is 1.78. The van der Waals surface area contributed by atoms with Crippen LogP contribution in [0, 0.1) is 11.8 Å². The monoisotopic (exact) mass is 291 g/mol. The van der Waals surface area contributed by atoms with Crippen molar-refractivity contribution in [2.45, 2.75) is 6.42 Å². The fourth-order valence-corrected chi connectivity index (χ4v) is 2.74. The molecule has 1 aliphatic heterocycles. The number of nitrogens with zero attached hydrogens (tertiary/aromatic N) is 2. The van der Waals surface area contributed by atoms with Crippen molar-refractivity contribution in [1.29, 1.82) is 0 Å². The van der Waals surface area contributed by atoms with E-state index in [1.807, 2.05) is 0 Å². The lowest BCUT2D eigenvalue weighted by Gasteiger charge is -2.19. The molecule has 0 aliphatic carbocycles. The second kappa shape index (κ2) is 6.55. The molecule has 0 aromatic carbocycles. The highest BCUT2D eigenvalue weighted by Crippen LogP contribution is 2.16. The van der Waals surface area contributed by atoms with E-state index in [0.29, 0.717) is 25.2 Å². The minimum absolute atomic E-state index is 0.0192. The molecule has 0 bridgehead atoms. The molecule has 106 valence electrons. The van der Waals surface area contributed by atoms with E-state index in [1.165, 1.54) is 11.3 Å². The van der Waals surface area contributed by atoms with Crippen LogP contribution in [0.1, 0.15) is 21.7 Å². The Morgan fingerprint density at radius 1 is 1.50 bits per heavy atom. The van der Waals surface area contributed by atoms with E-state index >= 15 is 0 Å². The molecule has 0 atom stereocenters. The van der Waals surface area contributed by atoms with Gasteiger partial charge in [0.25, 0.3) is 5.91 Å². The zero-order valence-corrected chi connectivity index (χ0v) is 12.2. The van der Waals surface area contributed by atoms with Gasteiger partial charge in [-0.25, -0.2) is 0 Å². The van der Waals surface area contributed by atoms with Gasteiger partial charge in [-0.05, 0) is 12.5 Å². The zero-order chi connectivity index (χ0) is 14.5. The first kappa shape index (κ1) is 14.6. The van der Waals surface area contributed by atoms with Crippen LogP contribution in [-0.2, 0) is 4.79 Å². The number of rotatable bonds is 1. The quantitative estimate of drug-likeness (QED) is 0.760. The van der Waals surface area contributed by atoms with E-state index in [9.17, 15) is 9.59 Å². The Morgan fingerprint density at radius 2 is 2.30 bits per heavy atom. The third-order valence-corrected chi connectivity index (χ3v) is 3.97. The summed E-state index contributed by atoms with van der Waals surface area (Å²) in [6.45, 7) is 1.75. The number of nitrogens with two attached hydrogens (primary N) is 1. The molecule has 2 heterocycles. The minimum Gasteiger partial charge on any atom is -0.344 e. The number of hydrogen-bond acceptors (Lipinski definition) is 4. The summed E-state index contributed by atoms with van der Waals surface area (Å²) in [4.78, 5) is 28.3. The van der Waals surface area contributed by atoms with Crippen LogP contribution in [0.4, 0.5) is 0 Å². The largest absolute Gasteiger partial charge is 0.344 e. The van der Waals surface area contributed by atoms with Crippen molar-refractivity contribution in [3.8, 4) is 11.8 Å². The van der Waals surface area contributed by atoms with Crippen molar-refractivity contribution in [2.24, 2.45) is 5.73 Å². The van der Waals surface area contributed by atoms with Crippen LogP contribution in [0.5, 0.6) is 0 Å². The van der Waals surface area contributed by atoms with Gasteiger partial charge in [-0.1, -0.05) is 11.8 Å².